The molecular formula is C12H11F6O6S-. The van der Waals surface area contributed by atoms with Gasteiger partial charge in [-0.3, -0.25) is 0 Å². The number of alkyl halides is 6. The summed E-state index contributed by atoms with van der Waals surface area (Å²) in [6.45, 7) is -2.01. The normalized spacial score (nSPS) is 13.9. The number of rotatable bonds is 6. The number of ether oxygens (including phenoxy) is 1. The molecular weight excluding hydrogens is 386 g/mol. The molecule has 0 atom stereocenters. The smallest absolute Gasteiger partial charge is 0.426 e. The van der Waals surface area contributed by atoms with Gasteiger partial charge in [0.05, 0.1) is 18.1 Å². The Morgan fingerprint density at radius 3 is 2.04 bits per heavy atom. The van der Waals surface area contributed by atoms with E-state index < -0.39 is 58.4 Å². The first-order valence-electron chi connectivity index (χ1n) is 6.31. The Balaban J connectivity index is 2.81. The van der Waals surface area contributed by atoms with E-state index in [1.165, 1.54) is 0 Å². The largest absolute Gasteiger partial charge is 0.744 e. The van der Waals surface area contributed by atoms with E-state index in [-0.39, 0.29) is 5.56 Å². The summed E-state index contributed by atoms with van der Waals surface area (Å²) >= 11 is 0. The molecule has 1 aromatic rings. The molecule has 0 aromatic heterocycles. The molecule has 0 saturated heterocycles. The van der Waals surface area contributed by atoms with Gasteiger partial charge in [0, 0.05) is 12.0 Å². The topological polar surface area (TPSA) is 107 Å². The van der Waals surface area contributed by atoms with Crippen molar-refractivity contribution >= 4 is 10.1 Å². The molecule has 0 aliphatic carbocycles. The Morgan fingerprint density at radius 1 is 1.08 bits per heavy atom. The summed E-state index contributed by atoms with van der Waals surface area (Å²) in [4.78, 5) is -0.772. The van der Waals surface area contributed by atoms with Gasteiger partial charge in [-0.05, 0) is 18.2 Å². The van der Waals surface area contributed by atoms with Crippen LogP contribution < -0.4 is 0 Å². The molecule has 0 saturated carbocycles. The zero-order chi connectivity index (χ0) is 19.7. The molecule has 1 rings (SSSR count). The third kappa shape index (κ3) is 4.96. The van der Waals surface area contributed by atoms with Crippen LogP contribution in [0.4, 0.5) is 26.3 Å². The molecule has 1 aromatic carbocycles. The number of aromatic hydroxyl groups is 1. The van der Waals surface area contributed by atoms with Gasteiger partial charge in [0.1, 0.15) is 15.9 Å². The van der Waals surface area contributed by atoms with Gasteiger partial charge in [-0.2, -0.15) is 26.3 Å². The molecule has 25 heavy (non-hydrogen) atoms. The molecule has 0 spiro atoms. The maximum Gasteiger partial charge on any atom is 0.426 e. The monoisotopic (exact) mass is 397 g/mol. The van der Waals surface area contributed by atoms with E-state index in [4.69, 9.17) is 5.11 Å². The number of hydrogen-bond acceptors (Lipinski definition) is 6. The van der Waals surface area contributed by atoms with Crippen LogP contribution in [-0.4, -0.2) is 47.7 Å². The molecule has 0 heterocycles. The summed E-state index contributed by atoms with van der Waals surface area (Å²) < 4.78 is 112. The maximum absolute atomic E-state index is 12.4. The molecule has 2 N–H and O–H groups in total. The second kappa shape index (κ2) is 6.97. The summed E-state index contributed by atoms with van der Waals surface area (Å²) in [5.74, 6) is -0.589. The van der Waals surface area contributed by atoms with Crippen LogP contribution in [0.25, 0.3) is 0 Å². The predicted octanol–water partition coefficient (Wildman–Crippen LogP) is 2.06. The summed E-state index contributed by atoms with van der Waals surface area (Å²) in [6, 6.07) is 2.22. The molecule has 13 heteroatoms. The quantitative estimate of drug-likeness (QED) is 0.432. The minimum Gasteiger partial charge on any atom is -0.744 e. The van der Waals surface area contributed by atoms with E-state index in [0.29, 0.717) is 6.07 Å². The summed E-state index contributed by atoms with van der Waals surface area (Å²) in [7, 11) is -4.89. The lowest BCUT2D eigenvalue weighted by molar-refractivity contribution is -0.371. The summed E-state index contributed by atoms with van der Waals surface area (Å²) in [5.41, 5.74) is -5.33. The minimum atomic E-state index is -5.99. The van der Waals surface area contributed by atoms with Crippen molar-refractivity contribution in [2.45, 2.75) is 35.9 Å². The summed E-state index contributed by atoms with van der Waals surface area (Å²) in [6.07, 6.45) is -13.9. The fourth-order valence-electron chi connectivity index (χ4n) is 1.68. The number of halogens is 6. The standard InChI is InChI=1S/C12H12F6O6S/c13-11(14,15)10(20,12(16,17)18)3-4-24-6-7-5-8(25(21,22)23)1-2-9(7)19/h1-2,5,19-20H,3-4,6H2,(H,21,22,23)/p-1. The highest BCUT2D eigenvalue weighted by Gasteiger charge is 2.69. The second-order valence-corrected chi connectivity index (χ2v) is 6.28. The average molecular weight is 397 g/mol. The van der Waals surface area contributed by atoms with Crippen LogP contribution in [-0.2, 0) is 21.5 Å². The molecule has 0 bridgehead atoms. The van der Waals surface area contributed by atoms with Gasteiger partial charge in [-0.1, -0.05) is 0 Å². The minimum absolute atomic E-state index is 0.348. The van der Waals surface area contributed by atoms with E-state index in [0.717, 1.165) is 12.1 Å². The number of phenolic OH excluding ortho intramolecular Hbond substituents is 1. The lowest BCUT2D eigenvalue weighted by Gasteiger charge is -2.32. The number of aliphatic hydroxyl groups is 1. The van der Waals surface area contributed by atoms with E-state index in [1.54, 1.807) is 0 Å². The lowest BCUT2D eigenvalue weighted by atomic mass is 9.99. The van der Waals surface area contributed by atoms with Crippen LogP contribution in [0, 0.1) is 0 Å². The van der Waals surface area contributed by atoms with Gasteiger partial charge in [0.2, 0.25) is 0 Å². The van der Waals surface area contributed by atoms with Crippen LogP contribution in [0.1, 0.15) is 12.0 Å². The molecule has 6 nitrogen and oxygen atoms in total. The fraction of sp³-hybridized carbons (Fsp3) is 0.500. The van der Waals surface area contributed by atoms with Crippen molar-refractivity contribution in [1.29, 1.82) is 0 Å². The van der Waals surface area contributed by atoms with Crippen molar-refractivity contribution in [3.05, 3.63) is 23.8 Å². The average Bonchev–Trinajstić information content (AvgIpc) is 2.41. The molecule has 0 radical (unpaired) electrons. The van der Waals surface area contributed by atoms with Gasteiger partial charge in [0.15, 0.2) is 0 Å². The van der Waals surface area contributed by atoms with Gasteiger partial charge in [-0.25, -0.2) is 8.42 Å². The van der Waals surface area contributed by atoms with Gasteiger partial charge >= 0.3 is 12.4 Å². The zero-order valence-electron chi connectivity index (χ0n) is 12.1. The fourth-order valence-corrected chi connectivity index (χ4v) is 2.20. The maximum atomic E-state index is 12.4. The number of phenols is 1. The van der Waals surface area contributed by atoms with E-state index >= 15 is 0 Å². The Bertz CT molecular complexity index is 698. The Kier molecular flexibility index (Phi) is 5.99. The lowest BCUT2D eigenvalue weighted by Crippen LogP contribution is -2.57. The van der Waals surface area contributed by atoms with Crippen molar-refractivity contribution in [2.75, 3.05) is 6.61 Å². The Labute approximate surface area is 137 Å². The predicted molar refractivity (Wildman–Crippen MR) is 67.4 cm³/mol. The highest BCUT2D eigenvalue weighted by molar-refractivity contribution is 7.85. The number of hydrogen-bond donors (Lipinski definition) is 2. The van der Waals surface area contributed by atoms with Crippen molar-refractivity contribution < 1.29 is 54.3 Å². The van der Waals surface area contributed by atoms with Gasteiger partial charge in [-0.15, -0.1) is 0 Å². The molecule has 0 amide bonds. The zero-order valence-corrected chi connectivity index (χ0v) is 12.9. The SMILES string of the molecule is O=S(=O)([O-])c1ccc(O)c(COCCC(O)(C(F)(F)F)C(F)(F)F)c1. The third-order valence-electron chi connectivity index (χ3n) is 3.14. The van der Waals surface area contributed by atoms with Crippen LogP contribution in [0.5, 0.6) is 5.75 Å². The number of benzene rings is 1. The van der Waals surface area contributed by atoms with Crippen molar-refractivity contribution in [3.8, 4) is 5.75 Å². The van der Waals surface area contributed by atoms with Gasteiger partial charge in [0.25, 0.3) is 5.60 Å². The highest BCUT2D eigenvalue weighted by Crippen LogP contribution is 2.45. The molecule has 0 aliphatic heterocycles. The van der Waals surface area contributed by atoms with E-state index in [2.05, 4.69) is 4.74 Å². The molecule has 0 aliphatic rings. The van der Waals surface area contributed by atoms with Gasteiger partial charge < -0.3 is 19.5 Å². The highest BCUT2D eigenvalue weighted by atomic mass is 32.2. The van der Waals surface area contributed by atoms with E-state index in [9.17, 15) is 44.4 Å². The third-order valence-corrected chi connectivity index (χ3v) is 3.97. The molecule has 0 unspecified atom stereocenters. The summed E-state index contributed by atoms with van der Waals surface area (Å²) in [5, 5.41) is 18.3. The molecule has 0 fully saturated rings. The first-order chi connectivity index (χ1) is 11.1. The first-order valence-corrected chi connectivity index (χ1v) is 7.72. The van der Waals surface area contributed by atoms with Crippen molar-refractivity contribution in [2.24, 2.45) is 0 Å². The Hall–Kier alpha value is -1.57. The van der Waals surface area contributed by atoms with Crippen molar-refractivity contribution in [1.82, 2.24) is 0 Å². The second-order valence-electron chi connectivity index (χ2n) is 4.90. The van der Waals surface area contributed by atoms with Crippen LogP contribution in [0.2, 0.25) is 0 Å². The Morgan fingerprint density at radius 2 is 1.60 bits per heavy atom. The van der Waals surface area contributed by atoms with Crippen LogP contribution in [0.15, 0.2) is 23.1 Å². The molecule has 144 valence electrons. The van der Waals surface area contributed by atoms with Crippen LogP contribution in [0.3, 0.4) is 0 Å². The van der Waals surface area contributed by atoms with Crippen molar-refractivity contribution in [3.63, 3.8) is 0 Å². The first kappa shape index (κ1) is 21.5. The van der Waals surface area contributed by atoms with E-state index in [1.807, 2.05) is 0 Å². The van der Waals surface area contributed by atoms with Crippen LogP contribution >= 0.6 is 0 Å².